The quantitative estimate of drug-likeness (QED) is 0.847. The van der Waals surface area contributed by atoms with E-state index in [0.717, 1.165) is 40.3 Å². The summed E-state index contributed by atoms with van der Waals surface area (Å²) in [6.45, 7) is 5.32. The van der Waals surface area contributed by atoms with Crippen LogP contribution < -0.4 is 5.32 Å². The molecule has 0 amide bonds. The van der Waals surface area contributed by atoms with E-state index in [1.165, 1.54) is 12.8 Å². The standard InChI is InChI=1S/C17H20BrN3/c1-3-11-19-15-13(18)14(12-7-5-4-6-8-12)20-16(21-15)17(2)9-10-17/h4-8H,3,9-11H2,1-2H3,(H,19,20,21). The molecular weight excluding hydrogens is 326 g/mol. The normalized spacial score (nSPS) is 15.8. The lowest BCUT2D eigenvalue weighted by molar-refractivity contribution is 0.709. The maximum absolute atomic E-state index is 4.85. The zero-order valence-electron chi connectivity index (χ0n) is 12.5. The molecule has 0 spiro atoms. The summed E-state index contributed by atoms with van der Waals surface area (Å²) in [7, 11) is 0. The van der Waals surface area contributed by atoms with Gasteiger partial charge >= 0.3 is 0 Å². The van der Waals surface area contributed by atoms with E-state index in [-0.39, 0.29) is 5.41 Å². The molecule has 1 aliphatic rings. The number of nitrogens with one attached hydrogen (secondary N) is 1. The van der Waals surface area contributed by atoms with Crippen molar-refractivity contribution in [1.82, 2.24) is 9.97 Å². The second-order valence-electron chi connectivity index (χ2n) is 5.91. The third-order valence-corrected chi connectivity index (χ3v) is 4.73. The van der Waals surface area contributed by atoms with Crippen molar-refractivity contribution in [2.24, 2.45) is 0 Å². The molecule has 0 bridgehead atoms. The molecule has 1 aromatic heterocycles. The van der Waals surface area contributed by atoms with Gasteiger partial charge in [-0.25, -0.2) is 9.97 Å². The summed E-state index contributed by atoms with van der Waals surface area (Å²) >= 11 is 3.68. The third kappa shape index (κ3) is 2.95. The van der Waals surface area contributed by atoms with Gasteiger partial charge in [-0.05, 0) is 35.2 Å². The first-order valence-electron chi connectivity index (χ1n) is 7.51. The Morgan fingerprint density at radius 2 is 1.90 bits per heavy atom. The number of rotatable bonds is 5. The van der Waals surface area contributed by atoms with Gasteiger partial charge in [-0.15, -0.1) is 0 Å². The van der Waals surface area contributed by atoms with Crippen molar-refractivity contribution >= 4 is 21.7 Å². The summed E-state index contributed by atoms with van der Waals surface area (Å²) in [5.41, 5.74) is 2.26. The zero-order valence-corrected chi connectivity index (χ0v) is 14.1. The van der Waals surface area contributed by atoms with Gasteiger partial charge in [-0.2, -0.15) is 0 Å². The van der Waals surface area contributed by atoms with Gasteiger partial charge < -0.3 is 5.32 Å². The molecule has 0 aliphatic heterocycles. The Balaban J connectivity index is 2.09. The van der Waals surface area contributed by atoms with E-state index < -0.39 is 0 Å². The molecule has 1 aliphatic carbocycles. The summed E-state index contributed by atoms with van der Waals surface area (Å²) in [6.07, 6.45) is 3.43. The van der Waals surface area contributed by atoms with Crippen LogP contribution in [0.25, 0.3) is 11.3 Å². The fraction of sp³-hybridized carbons (Fsp3) is 0.412. The summed E-state index contributed by atoms with van der Waals surface area (Å²) in [6, 6.07) is 10.3. The average Bonchev–Trinajstić information content (AvgIpc) is 3.26. The van der Waals surface area contributed by atoms with E-state index in [4.69, 9.17) is 9.97 Å². The summed E-state index contributed by atoms with van der Waals surface area (Å²) < 4.78 is 0.954. The van der Waals surface area contributed by atoms with Gasteiger partial charge in [0.2, 0.25) is 0 Å². The van der Waals surface area contributed by atoms with Crippen molar-refractivity contribution in [3.63, 3.8) is 0 Å². The molecule has 4 heteroatoms. The largest absolute Gasteiger partial charge is 0.369 e. The Kier molecular flexibility index (Phi) is 3.98. The lowest BCUT2D eigenvalue weighted by Gasteiger charge is -2.15. The van der Waals surface area contributed by atoms with Crippen LogP contribution in [-0.4, -0.2) is 16.5 Å². The number of benzene rings is 1. The molecule has 0 radical (unpaired) electrons. The predicted molar refractivity (Wildman–Crippen MR) is 90.5 cm³/mol. The highest BCUT2D eigenvalue weighted by atomic mass is 79.9. The second-order valence-corrected chi connectivity index (χ2v) is 6.70. The van der Waals surface area contributed by atoms with Crippen molar-refractivity contribution in [1.29, 1.82) is 0 Å². The van der Waals surface area contributed by atoms with Crippen LogP contribution in [0.3, 0.4) is 0 Å². The molecule has 0 atom stereocenters. The molecular formula is C17H20BrN3. The minimum atomic E-state index is 0.160. The maximum atomic E-state index is 4.85. The first-order chi connectivity index (χ1) is 10.1. The van der Waals surface area contributed by atoms with Crippen molar-refractivity contribution < 1.29 is 0 Å². The highest BCUT2D eigenvalue weighted by molar-refractivity contribution is 9.10. The molecule has 1 fully saturated rings. The maximum Gasteiger partial charge on any atom is 0.144 e. The smallest absolute Gasteiger partial charge is 0.144 e. The topological polar surface area (TPSA) is 37.8 Å². The SMILES string of the molecule is CCCNc1nc(C2(C)CC2)nc(-c2ccccc2)c1Br. The Bertz CT molecular complexity index is 636. The van der Waals surface area contributed by atoms with E-state index >= 15 is 0 Å². The van der Waals surface area contributed by atoms with E-state index in [0.29, 0.717) is 0 Å². The van der Waals surface area contributed by atoms with E-state index in [1.807, 2.05) is 18.2 Å². The molecule has 110 valence electrons. The third-order valence-electron chi connectivity index (χ3n) is 3.98. The van der Waals surface area contributed by atoms with Crippen LogP contribution in [-0.2, 0) is 5.41 Å². The van der Waals surface area contributed by atoms with Crippen molar-refractivity contribution in [2.75, 3.05) is 11.9 Å². The summed E-state index contributed by atoms with van der Waals surface area (Å²) in [5, 5.41) is 3.42. The number of hydrogen-bond donors (Lipinski definition) is 1. The minimum Gasteiger partial charge on any atom is -0.369 e. The van der Waals surface area contributed by atoms with E-state index in [9.17, 15) is 0 Å². The fourth-order valence-electron chi connectivity index (χ4n) is 2.28. The molecule has 2 aromatic rings. The molecule has 21 heavy (non-hydrogen) atoms. The van der Waals surface area contributed by atoms with Gasteiger partial charge in [0.1, 0.15) is 11.6 Å². The van der Waals surface area contributed by atoms with Crippen LogP contribution in [0.15, 0.2) is 34.8 Å². The predicted octanol–water partition coefficient (Wildman–Crippen LogP) is 4.78. The van der Waals surface area contributed by atoms with Crippen molar-refractivity contribution in [2.45, 2.75) is 38.5 Å². The zero-order chi connectivity index (χ0) is 14.9. The van der Waals surface area contributed by atoms with Gasteiger partial charge in [0.25, 0.3) is 0 Å². The Labute approximate surface area is 134 Å². The van der Waals surface area contributed by atoms with Crippen molar-refractivity contribution in [3.8, 4) is 11.3 Å². The molecule has 1 heterocycles. The van der Waals surface area contributed by atoms with Crippen LogP contribution in [0.5, 0.6) is 0 Å². The molecule has 0 saturated heterocycles. The molecule has 1 aromatic carbocycles. The number of anilines is 1. The summed E-state index contributed by atoms with van der Waals surface area (Å²) in [4.78, 5) is 9.61. The molecule has 0 unspecified atom stereocenters. The molecule has 3 rings (SSSR count). The van der Waals surface area contributed by atoms with Gasteiger partial charge in [-0.1, -0.05) is 44.2 Å². The van der Waals surface area contributed by atoms with Gasteiger partial charge in [0.05, 0.1) is 10.2 Å². The van der Waals surface area contributed by atoms with Gasteiger partial charge in [-0.3, -0.25) is 0 Å². The van der Waals surface area contributed by atoms with Gasteiger partial charge in [0.15, 0.2) is 0 Å². The first-order valence-corrected chi connectivity index (χ1v) is 8.30. The lowest BCUT2D eigenvalue weighted by atomic mass is 10.1. The average molecular weight is 346 g/mol. The monoisotopic (exact) mass is 345 g/mol. The van der Waals surface area contributed by atoms with E-state index in [1.54, 1.807) is 0 Å². The number of hydrogen-bond acceptors (Lipinski definition) is 3. The molecule has 3 nitrogen and oxygen atoms in total. The number of halogens is 1. The van der Waals surface area contributed by atoms with Gasteiger partial charge in [0, 0.05) is 17.5 Å². The highest BCUT2D eigenvalue weighted by Crippen LogP contribution is 2.47. The van der Waals surface area contributed by atoms with Crippen molar-refractivity contribution in [3.05, 3.63) is 40.6 Å². The van der Waals surface area contributed by atoms with Crippen LogP contribution in [0.2, 0.25) is 0 Å². The van der Waals surface area contributed by atoms with Crippen LogP contribution in [0, 0.1) is 0 Å². The lowest BCUT2D eigenvalue weighted by Crippen LogP contribution is -2.12. The highest BCUT2D eigenvalue weighted by Gasteiger charge is 2.42. The van der Waals surface area contributed by atoms with E-state index in [2.05, 4.69) is 47.2 Å². The summed E-state index contributed by atoms with van der Waals surface area (Å²) in [5.74, 6) is 1.87. The first kappa shape index (κ1) is 14.5. The van der Waals surface area contributed by atoms with Crippen LogP contribution in [0.1, 0.15) is 38.9 Å². The number of aromatic nitrogens is 2. The Morgan fingerprint density at radius 3 is 2.52 bits per heavy atom. The Hall–Kier alpha value is -1.42. The molecule has 1 saturated carbocycles. The fourth-order valence-corrected chi connectivity index (χ4v) is 2.82. The molecule has 1 N–H and O–H groups in total. The van der Waals surface area contributed by atoms with Crippen LogP contribution >= 0.6 is 15.9 Å². The number of nitrogens with zero attached hydrogens (tertiary/aromatic N) is 2. The Morgan fingerprint density at radius 1 is 1.19 bits per heavy atom. The second kappa shape index (κ2) is 5.76. The minimum absolute atomic E-state index is 0.160. The van der Waals surface area contributed by atoms with Crippen LogP contribution in [0.4, 0.5) is 5.82 Å².